The Balaban J connectivity index is 1.83. The summed E-state index contributed by atoms with van der Waals surface area (Å²) in [5, 5.41) is 3.38. The molecule has 0 saturated carbocycles. The first kappa shape index (κ1) is 13.3. The maximum absolute atomic E-state index is 5.76. The van der Waals surface area contributed by atoms with E-state index in [2.05, 4.69) is 36.3 Å². The number of aryl methyl sites for hydroxylation is 2. The second-order valence-corrected chi connectivity index (χ2v) is 5.67. The van der Waals surface area contributed by atoms with Crippen molar-refractivity contribution in [3.05, 3.63) is 29.1 Å². The molecule has 0 saturated heterocycles. The van der Waals surface area contributed by atoms with E-state index in [1.807, 2.05) is 6.20 Å². The van der Waals surface area contributed by atoms with Gasteiger partial charge in [-0.25, -0.2) is 4.98 Å². The van der Waals surface area contributed by atoms with E-state index in [1.54, 1.807) is 11.3 Å². The zero-order valence-corrected chi connectivity index (χ0v) is 11.8. The van der Waals surface area contributed by atoms with Crippen molar-refractivity contribution in [1.29, 1.82) is 0 Å². The van der Waals surface area contributed by atoms with Crippen LogP contribution in [0, 0.1) is 6.92 Å². The molecule has 0 atom stereocenters. The summed E-state index contributed by atoms with van der Waals surface area (Å²) in [7, 11) is 0. The summed E-state index contributed by atoms with van der Waals surface area (Å²) in [6, 6.07) is 4.20. The van der Waals surface area contributed by atoms with Crippen LogP contribution in [-0.2, 0) is 6.42 Å². The number of oxazole rings is 1. The average Bonchev–Trinajstić information content (AvgIpc) is 2.97. The summed E-state index contributed by atoms with van der Waals surface area (Å²) < 4.78 is 5.76. The van der Waals surface area contributed by atoms with Gasteiger partial charge in [-0.1, -0.05) is 6.92 Å². The molecular weight excluding hydrogens is 244 g/mol. The number of aromatic nitrogens is 1. The van der Waals surface area contributed by atoms with Gasteiger partial charge in [-0.15, -0.1) is 11.3 Å². The van der Waals surface area contributed by atoms with E-state index in [-0.39, 0.29) is 0 Å². The maximum atomic E-state index is 5.76. The van der Waals surface area contributed by atoms with Crippen molar-refractivity contribution in [3.8, 4) is 10.6 Å². The molecule has 18 heavy (non-hydrogen) atoms. The van der Waals surface area contributed by atoms with Crippen LogP contribution in [0.2, 0.25) is 0 Å². The fourth-order valence-corrected chi connectivity index (χ4v) is 2.59. The zero-order valence-electron chi connectivity index (χ0n) is 11.0. The minimum atomic E-state index is 0.842. The predicted molar refractivity (Wildman–Crippen MR) is 76.0 cm³/mol. The van der Waals surface area contributed by atoms with Crippen molar-refractivity contribution in [3.63, 3.8) is 0 Å². The monoisotopic (exact) mass is 264 g/mol. The van der Waals surface area contributed by atoms with Gasteiger partial charge in [0.25, 0.3) is 0 Å². The van der Waals surface area contributed by atoms with Gasteiger partial charge in [0.1, 0.15) is 0 Å². The van der Waals surface area contributed by atoms with E-state index in [4.69, 9.17) is 4.42 Å². The van der Waals surface area contributed by atoms with Crippen LogP contribution in [0.3, 0.4) is 0 Å². The van der Waals surface area contributed by atoms with E-state index in [0.29, 0.717) is 0 Å². The molecule has 2 rings (SSSR count). The molecule has 2 heterocycles. The van der Waals surface area contributed by atoms with Crippen LogP contribution in [0.1, 0.15) is 30.5 Å². The van der Waals surface area contributed by atoms with Gasteiger partial charge < -0.3 is 9.73 Å². The van der Waals surface area contributed by atoms with Gasteiger partial charge in [-0.05, 0) is 45.0 Å². The third-order valence-corrected chi connectivity index (χ3v) is 3.72. The van der Waals surface area contributed by atoms with Crippen LogP contribution in [0.25, 0.3) is 10.6 Å². The Bertz CT molecular complexity index is 476. The Kier molecular flexibility index (Phi) is 4.96. The summed E-state index contributed by atoms with van der Waals surface area (Å²) in [4.78, 5) is 6.79. The van der Waals surface area contributed by atoms with Crippen LogP contribution in [-0.4, -0.2) is 18.1 Å². The molecule has 0 spiro atoms. The van der Waals surface area contributed by atoms with Gasteiger partial charge in [0.15, 0.2) is 11.7 Å². The second-order valence-electron chi connectivity index (χ2n) is 4.38. The SMILES string of the molecule is CCCNCCCc1ncc(-c2ccc(C)s2)o1. The molecule has 98 valence electrons. The van der Waals surface area contributed by atoms with Crippen molar-refractivity contribution in [2.45, 2.75) is 33.1 Å². The molecule has 0 aromatic carbocycles. The van der Waals surface area contributed by atoms with E-state index < -0.39 is 0 Å². The molecule has 3 nitrogen and oxygen atoms in total. The molecule has 4 heteroatoms. The lowest BCUT2D eigenvalue weighted by Gasteiger charge is -2.00. The fourth-order valence-electron chi connectivity index (χ4n) is 1.77. The normalized spacial score (nSPS) is 11.0. The van der Waals surface area contributed by atoms with Crippen LogP contribution in [0.15, 0.2) is 22.7 Å². The Morgan fingerprint density at radius 3 is 2.94 bits per heavy atom. The van der Waals surface area contributed by atoms with Crippen molar-refractivity contribution in [1.82, 2.24) is 10.3 Å². The molecule has 0 radical (unpaired) electrons. The van der Waals surface area contributed by atoms with Gasteiger partial charge >= 0.3 is 0 Å². The van der Waals surface area contributed by atoms with Crippen molar-refractivity contribution < 1.29 is 4.42 Å². The molecule has 0 aliphatic rings. The van der Waals surface area contributed by atoms with Crippen LogP contribution in [0.5, 0.6) is 0 Å². The minimum Gasteiger partial charge on any atom is -0.440 e. The Labute approximate surface area is 112 Å². The molecule has 0 fully saturated rings. The van der Waals surface area contributed by atoms with Gasteiger partial charge in [-0.2, -0.15) is 0 Å². The first-order chi connectivity index (χ1) is 8.79. The van der Waals surface area contributed by atoms with Gasteiger partial charge in [0.2, 0.25) is 0 Å². The standard InChI is InChI=1S/C14H20N2OS/c1-3-8-15-9-4-5-14-16-10-12(17-14)13-7-6-11(2)18-13/h6-7,10,15H,3-5,8-9H2,1-2H3. The Hall–Kier alpha value is -1.13. The highest BCUT2D eigenvalue weighted by Gasteiger charge is 2.07. The summed E-state index contributed by atoms with van der Waals surface area (Å²) >= 11 is 1.74. The van der Waals surface area contributed by atoms with E-state index in [0.717, 1.165) is 42.5 Å². The van der Waals surface area contributed by atoms with Gasteiger partial charge in [0, 0.05) is 11.3 Å². The number of hydrogen-bond acceptors (Lipinski definition) is 4. The quantitative estimate of drug-likeness (QED) is 0.776. The molecule has 2 aromatic heterocycles. The Morgan fingerprint density at radius 2 is 2.22 bits per heavy atom. The number of hydrogen-bond donors (Lipinski definition) is 1. The minimum absolute atomic E-state index is 0.842. The first-order valence-electron chi connectivity index (χ1n) is 6.52. The smallest absolute Gasteiger partial charge is 0.194 e. The first-order valence-corrected chi connectivity index (χ1v) is 7.33. The highest BCUT2D eigenvalue weighted by atomic mass is 32.1. The third-order valence-electron chi connectivity index (χ3n) is 2.71. The van der Waals surface area contributed by atoms with Crippen molar-refractivity contribution in [2.24, 2.45) is 0 Å². The third kappa shape index (κ3) is 3.68. The molecule has 0 aliphatic heterocycles. The summed E-state index contributed by atoms with van der Waals surface area (Å²) in [6.45, 7) is 6.40. The molecular formula is C14H20N2OS. The average molecular weight is 264 g/mol. The number of rotatable bonds is 7. The molecule has 0 bridgehead atoms. The molecule has 0 amide bonds. The lowest BCUT2D eigenvalue weighted by atomic mass is 10.3. The fraction of sp³-hybridized carbons (Fsp3) is 0.500. The van der Waals surface area contributed by atoms with Crippen molar-refractivity contribution >= 4 is 11.3 Å². The highest BCUT2D eigenvalue weighted by Crippen LogP contribution is 2.28. The van der Waals surface area contributed by atoms with E-state index >= 15 is 0 Å². The highest BCUT2D eigenvalue weighted by molar-refractivity contribution is 7.15. The zero-order chi connectivity index (χ0) is 12.8. The summed E-state index contributed by atoms with van der Waals surface area (Å²) in [5.74, 6) is 1.74. The van der Waals surface area contributed by atoms with Crippen LogP contribution < -0.4 is 5.32 Å². The molecule has 0 aliphatic carbocycles. The number of thiophene rings is 1. The predicted octanol–water partition coefficient (Wildman–Crippen LogP) is 3.64. The molecule has 1 N–H and O–H groups in total. The molecule has 2 aromatic rings. The van der Waals surface area contributed by atoms with E-state index in [9.17, 15) is 0 Å². The van der Waals surface area contributed by atoms with Gasteiger partial charge in [0.05, 0.1) is 11.1 Å². The lowest BCUT2D eigenvalue weighted by molar-refractivity contribution is 0.492. The maximum Gasteiger partial charge on any atom is 0.194 e. The van der Waals surface area contributed by atoms with Gasteiger partial charge in [-0.3, -0.25) is 0 Å². The summed E-state index contributed by atoms with van der Waals surface area (Å²) in [6.07, 6.45) is 4.99. The van der Waals surface area contributed by atoms with Crippen LogP contribution in [0.4, 0.5) is 0 Å². The largest absolute Gasteiger partial charge is 0.440 e. The lowest BCUT2D eigenvalue weighted by Crippen LogP contribution is -2.16. The second kappa shape index (κ2) is 6.71. The van der Waals surface area contributed by atoms with Crippen LogP contribution >= 0.6 is 11.3 Å². The van der Waals surface area contributed by atoms with E-state index in [1.165, 1.54) is 11.3 Å². The van der Waals surface area contributed by atoms with Crippen molar-refractivity contribution in [2.75, 3.05) is 13.1 Å². The topological polar surface area (TPSA) is 38.1 Å². The number of nitrogens with zero attached hydrogens (tertiary/aromatic N) is 1. The summed E-state index contributed by atoms with van der Waals surface area (Å²) in [5.41, 5.74) is 0. The number of nitrogens with one attached hydrogen (secondary N) is 1. The molecule has 0 unspecified atom stereocenters. The Morgan fingerprint density at radius 1 is 1.33 bits per heavy atom.